The van der Waals surface area contributed by atoms with Crippen LogP contribution >= 0.6 is 11.3 Å². The SMILES string of the molecule is CC(C)COCCNCc1csc(-c2ccccn2)n1. The van der Waals surface area contributed by atoms with Crippen molar-refractivity contribution in [2.75, 3.05) is 19.8 Å². The van der Waals surface area contributed by atoms with Crippen LogP contribution in [0.2, 0.25) is 0 Å². The first-order chi connectivity index (χ1) is 9.75. The second kappa shape index (κ2) is 8.09. The number of aromatic nitrogens is 2. The van der Waals surface area contributed by atoms with E-state index in [9.17, 15) is 0 Å². The van der Waals surface area contributed by atoms with E-state index < -0.39 is 0 Å². The number of hydrogen-bond donors (Lipinski definition) is 1. The largest absolute Gasteiger partial charge is 0.380 e. The van der Waals surface area contributed by atoms with E-state index in [1.54, 1.807) is 17.5 Å². The Kier molecular flexibility index (Phi) is 6.11. The maximum atomic E-state index is 5.52. The molecule has 0 aromatic carbocycles. The van der Waals surface area contributed by atoms with Gasteiger partial charge in [0.2, 0.25) is 0 Å². The van der Waals surface area contributed by atoms with Gasteiger partial charge < -0.3 is 10.1 Å². The Morgan fingerprint density at radius 2 is 2.25 bits per heavy atom. The van der Waals surface area contributed by atoms with E-state index in [0.717, 1.165) is 42.7 Å². The van der Waals surface area contributed by atoms with Gasteiger partial charge in [0, 0.05) is 31.3 Å². The van der Waals surface area contributed by atoms with E-state index in [2.05, 4.69) is 34.5 Å². The zero-order valence-electron chi connectivity index (χ0n) is 12.0. The highest BCUT2D eigenvalue weighted by Crippen LogP contribution is 2.20. The molecule has 2 aromatic heterocycles. The van der Waals surface area contributed by atoms with E-state index in [0.29, 0.717) is 5.92 Å². The molecule has 2 rings (SSSR count). The Balaban J connectivity index is 1.71. The first-order valence-electron chi connectivity index (χ1n) is 6.90. The Labute approximate surface area is 124 Å². The number of ether oxygens (including phenoxy) is 1. The summed E-state index contributed by atoms with van der Waals surface area (Å²) in [5, 5.41) is 6.39. The molecule has 0 radical (unpaired) electrons. The first kappa shape index (κ1) is 15.1. The third-order valence-electron chi connectivity index (χ3n) is 2.62. The van der Waals surface area contributed by atoms with Crippen molar-refractivity contribution < 1.29 is 4.74 Å². The topological polar surface area (TPSA) is 47.0 Å². The van der Waals surface area contributed by atoms with E-state index in [-0.39, 0.29) is 0 Å². The maximum absolute atomic E-state index is 5.52. The number of nitrogens with zero attached hydrogens (tertiary/aromatic N) is 2. The maximum Gasteiger partial charge on any atom is 0.142 e. The Hall–Kier alpha value is -1.30. The van der Waals surface area contributed by atoms with E-state index in [1.807, 2.05) is 18.2 Å². The van der Waals surface area contributed by atoms with Crippen LogP contribution in [0.15, 0.2) is 29.8 Å². The fourth-order valence-corrected chi connectivity index (χ4v) is 2.47. The standard InChI is InChI=1S/C15H21N3OS/c1-12(2)10-19-8-7-16-9-13-11-20-15(18-13)14-5-3-4-6-17-14/h3-6,11-12,16H,7-10H2,1-2H3. The van der Waals surface area contributed by atoms with Gasteiger partial charge in [-0.3, -0.25) is 4.98 Å². The molecule has 2 aromatic rings. The zero-order valence-corrected chi connectivity index (χ0v) is 12.8. The predicted octanol–water partition coefficient (Wildman–Crippen LogP) is 2.97. The molecule has 0 bridgehead atoms. The second-order valence-electron chi connectivity index (χ2n) is 5.00. The fraction of sp³-hybridized carbons (Fsp3) is 0.467. The van der Waals surface area contributed by atoms with Gasteiger partial charge in [0.25, 0.3) is 0 Å². The number of thiazole rings is 1. The summed E-state index contributed by atoms with van der Waals surface area (Å²) >= 11 is 1.63. The molecule has 2 heterocycles. The van der Waals surface area contributed by atoms with Gasteiger partial charge in [-0.1, -0.05) is 19.9 Å². The Morgan fingerprint density at radius 3 is 3.00 bits per heavy atom. The zero-order chi connectivity index (χ0) is 14.2. The molecule has 0 aliphatic rings. The van der Waals surface area contributed by atoms with Gasteiger partial charge in [-0.15, -0.1) is 11.3 Å². The highest BCUT2D eigenvalue weighted by molar-refractivity contribution is 7.13. The minimum atomic E-state index is 0.592. The lowest BCUT2D eigenvalue weighted by Crippen LogP contribution is -2.20. The van der Waals surface area contributed by atoms with Crippen LogP contribution in [0.5, 0.6) is 0 Å². The second-order valence-corrected chi connectivity index (χ2v) is 5.86. The van der Waals surface area contributed by atoms with Crippen LogP contribution in [-0.2, 0) is 11.3 Å². The summed E-state index contributed by atoms with van der Waals surface area (Å²) in [7, 11) is 0. The summed E-state index contributed by atoms with van der Waals surface area (Å²) < 4.78 is 5.52. The molecule has 0 unspecified atom stereocenters. The van der Waals surface area contributed by atoms with Crippen LogP contribution in [0, 0.1) is 5.92 Å². The van der Waals surface area contributed by atoms with Crippen LogP contribution in [0.1, 0.15) is 19.5 Å². The average molecular weight is 291 g/mol. The average Bonchev–Trinajstić information content (AvgIpc) is 2.92. The first-order valence-corrected chi connectivity index (χ1v) is 7.78. The molecule has 0 saturated heterocycles. The summed E-state index contributed by atoms with van der Waals surface area (Å²) in [5.41, 5.74) is 1.99. The van der Waals surface area contributed by atoms with E-state index >= 15 is 0 Å². The summed E-state index contributed by atoms with van der Waals surface area (Å²) in [5.74, 6) is 0.592. The van der Waals surface area contributed by atoms with Crippen molar-refractivity contribution in [3.63, 3.8) is 0 Å². The summed E-state index contributed by atoms with van der Waals surface area (Å²) in [4.78, 5) is 8.89. The molecule has 4 nitrogen and oxygen atoms in total. The lowest BCUT2D eigenvalue weighted by atomic mass is 10.2. The quantitative estimate of drug-likeness (QED) is 0.760. The van der Waals surface area contributed by atoms with Crippen molar-refractivity contribution in [3.8, 4) is 10.7 Å². The van der Waals surface area contributed by atoms with Crippen molar-refractivity contribution in [2.24, 2.45) is 5.92 Å². The monoisotopic (exact) mass is 291 g/mol. The highest BCUT2D eigenvalue weighted by atomic mass is 32.1. The van der Waals surface area contributed by atoms with Crippen molar-refractivity contribution in [3.05, 3.63) is 35.5 Å². The third-order valence-corrected chi connectivity index (χ3v) is 3.53. The molecule has 5 heteroatoms. The van der Waals surface area contributed by atoms with E-state index in [1.165, 1.54) is 0 Å². The molecule has 1 N–H and O–H groups in total. The summed E-state index contributed by atoms with van der Waals surface area (Å²) in [6, 6.07) is 5.88. The normalized spacial score (nSPS) is 11.2. The third kappa shape index (κ3) is 5.00. The molecule has 0 amide bonds. The number of pyridine rings is 1. The number of hydrogen-bond acceptors (Lipinski definition) is 5. The van der Waals surface area contributed by atoms with Gasteiger partial charge in [0.1, 0.15) is 5.01 Å². The molecular formula is C15H21N3OS. The van der Waals surface area contributed by atoms with Crippen LogP contribution in [-0.4, -0.2) is 29.7 Å². The minimum absolute atomic E-state index is 0.592. The minimum Gasteiger partial charge on any atom is -0.380 e. The summed E-state index contributed by atoms with van der Waals surface area (Å²) in [6.45, 7) is 7.50. The van der Waals surface area contributed by atoms with Gasteiger partial charge in [0.15, 0.2) is 0 Å². The van der Waals surface area contributed by atoms with Gasteiger partial charge in [-0.25, -0.2) is 4.98 Å². The molecule has 0 atom stereocenters. The molecule has 0 saturated carbocycles. The van der Waals surface area contributed by atoms with Gasteiger partial charge in [-0.2, -0.15) is 0 Å². The van der Waals surface area contributed by atoms with Crippen LogP contribution < -0.4 is 5.32 Å². The van der Waals surface area contributed by atoms with Crippen LogP contribution in [0.3, 0.4) is 0 Å². The number of nitrogens with one attached hydrogen (secondary N) is 1. The smallest absolute Gasteiger partial charge is 0.142 e. The lowest BCUT2D eigenvalue weighted by molar-refractivity contribution is 0.111. The van der Waals surface area contributed by atoms with Crippen molar-refractivity contribution in [2.45, 2.75) is 20.4 Å². The van der Waals surface area contributed by atoms with Gasteiger partial charge >= 0.3 is 0 Å². The Morgan fingerprint density at radius 1 is 1.35 bits per heavy atom. The molecule has 0 aliphatic heterocycles. The molecular weight excluding hydrogens is 270 g/mol. The van der Waals surface area contributed by atoms with E-state index in [4.69, 9.17) is 4.74 Å². The van der Waals surface area contributed by atoms with Crippen LogP contribution in [0.4, 0.5) is 0 Å². The van der Waals surface area contributed by atoms with Gasteiger partial charge in [-0.05, 0) is 18.1 Å². The lowest BCUT2D eigenvalue weighted by Gasteiger charge is -2.07. The molecule has 108 valence electrons. The van der Waals surface area contributed by atoms with Crippen molar-refractivity contribution >= 4 is 11.3 Å². The highest BCUT2D eigenvalue weighted by Gasteiger charge is 2.04. The van der Waals surface area contributed by atoms with Crippen molar-refractivity contribution in [1.82, 2.24) is 15.3 Å². The molecule has 0 spiro atoms. The summed E-state index contributed by atoms with van der Waals surface area (Å²) in [6.07, 6.45) is 1.79. The predicted molar refractivity (Wildman–Crippen MR) is 82.7 cm³/mol. The number of rotatable bonds is 8. The molecule has 0 fully saturated rings. The van der Waals surface area contributed by atoms with Gasteiger partial charge in [0.05, 0.1) is 18.0 Å². The molecule has 20 heavy (non-hydrogen) atoms. The molecule has 0 aliphatic carbocycles. The van der Waals surface area contributed by atoms with Crippen LogP contribution in [0.25, 0.3) is 10.7 Å². The Bertz CT molecular complexity index is 499. The van der Waals surface area contributed by atoms with Crippen molar-refractivity contribution in [1.29, 1.82) is 0 Å². The fourth-order valence-electron chi connectivity index (χ4n) is 1.67.